The standard InChI is InChI=1S/C19H19ClN4O/c1-4-15(13-8-6-5-7-9-13)24-18-14(10-11-16(20)23-18)22-17(19(24)25)21-12(2)3/h5-11,15H,2,4H2,1,3H3,(H,21,22)/t15-/m0/s1. The van der Waals surface area contributed by atoms with Crippen molar-refractivity contribution >= 4 is 28.6 Å². The van der Waals surface area contributed by atoms with Crippen molar-refractivity contribution in [1.82, 2.24) is 14.5 Å². The lowest BCUT2D eigenvalue weighted by Gasteiger charge is -2.21. The van der Waals surface area contributed by atoms with Crippen molar-refractivity contribution in [2.24, 2.45) is 0 Å². The van der Waals surface area contributed by atoms with Crippen LogP contribution in [0, 0.1) is 0 Å². The lowest BCUT2D eigenvalue weighted by Crippen LogP contribution is -2.29. The van der Waals surface area contributed by atoms with E-state index in [1.54, 1.807) is 23.6 Å². The Bertz CT molecular complexity index is 982. The number of fused-ring (bicyclic) bond motifs is 1. The van der Waals surface area contributed by atoms with Crippen LogP contribution < -0.4 is 10.9 Å². The van der Waals surface area contributed by atoms with E-state index in [2.05, 4.69) is 21.9 Å². The Kier molecular flexibility index (Phi) is 4.86. The van der Waals surface area contributed by atoms with Crippen molar-refractivity contribution in [3.63, 3.8) is 0 Å². The molecule has 0 saturated heterocycles. The van der Waals surface area contributed by atoms with E-state index in [0.717, 1.165) is 12.0 Å². The summed E-state index contributed by atoms with van der Waals surface area (Å²) < 4.78 is 1.66. The number of hydrogen-bond donors (Lipinski definition) is 1. The summed E-state index contributed by atoms with van der Waals surface area (Å²) in [4.78, 5) is 21.9. The molecule has 3 aromatic rings. The van der Waals surface area contributed by atoms with Gasteiger partial charge in [0.1, 0.15) is 10.7 Å². The van der Waals surface area contributed by atoms with Crippen molar-refractivity contribution in [3.05, 3.63) is 75.8 Å². The molecule has 0 aliphatic carbocycles. The summed E-state index contributed by atoms with van der Waals surface area (Å²) >= 11 is 6.08. The van der Waals surface area contributed by atoms with Crippen molar-refractivity contribution < 1.29 is 0 Å². The maximum Gasteiger partial charge on any atom is 0.295 e. The Morgan fingerprint density at radius 3 is 2.60 bits per heavy atom. The van der Waals surface area contributed by atoms with Gasteiger partial charge in [-0.15, -0.1) is 0 Å². The van der Waals surface area contributed by atoms with Crippen LogP contribution in [0.3, 0.4) is 0 Å². The third-order valence-corrected chi connectivity index (χ3v) is 4.13. The molecule has 1 atom stereocenters. The van der Waals surface area contributed by atoms with Gasteiger partial charge in [-0.05, 0) is 31.0 Å². The lowest BCUT2D eigenvalue weighted by molar-refractivity contribution is 0.562. The van der Waals surface area contributed by atoms with E-state index in [4.69, 9.17) is 11.6 Å². The Morgan fingerprint density at radius 2 is 1.96 bits per heavy atom. The largest absolute Gasteiger partial charge is 0.340 e. The van der Waals surface area contributed by atoms with E-state index in [9.17, 15) is 4.79 Å². The molecular weight excluding hydrogens is 336 g/mol. The molecule has 6 heteroatoms. The van der Waals surface area contributed by atoms with Gasteiger partial charge in [-0.2, -0.15) is 0 Å². The predicted molar refractivity (Wildman–Crippen MR) is 102 cm³/mol. The highest BCUT2D eigenvalue weighted by Crippen LogP contribution is 2.25. The molecule has 0 radical (unpaired) electrons. The van der Waals surface area contributed by atoms with Crippen molar-refractivity contribution in [2.45, 2.75) is 26.3 Å². The van der Waals surface area contributed by atoms with E-state index < -0.39 is 0 Å². The smallest absolute Gasteiger partial charge is 0.295 e. The first-order valence-corrected chi connectivity index (χ1v) is 8.45. The number of aromatic nitrogens is 3. The van der Waals surface area contributed by atoms with Crippen LogP contribution in [0.15, 0.2) is 59.5 Å². The van der Waals surface area contributed by atoms with E-state index >= 15 is 0 Å². The zero-order chi connectivity index (χ0) is 18.0. The topological polar surface area (TPSA) is 59.8 Å². The van der Waals surface area contributed by atoms with Gasteiger partial charge in [-0.25, -0.2) is 9.97 Å². The number of anilines is 1. The number of rotatable bonds is 5. The van der Waals surface area contributed by atoms with E-state index in [1.165, 1.54) is 0 Å². The van der Waals surface area contributed by atoms with Gasteiger partial charge in [0.25, 0.3) is 5.56 Å². The van der Waals surface area contributed by atoms with Crippen molar-refractivity contribution in [1.29, 1.82) is 0 Å². The van der Waals surface area contributed by atoms with Gasteiger partial charge in [-0.1, -0.05) is 55.4 Å². The molecule has 0 fully saturated rings. The monoisotopic (exact) mass is 354 g/mol. The number of nitrogens with one attached hydrogen (secondary N) is 1. The molecule has 0 saturated carbocycles. The first kappa shape index (κ1) is 17.2. The van der Waals surface area contributed by atoms with Crippen LogP contribution in [-0.2, 0) is 0 Å². The van der Waals surface area contributed by atoms with Crippen LogP contribution in [0.25, 0.3) is 11.2 Å². The van der Waals surface area contributed by atoms with Gasteiger partial charge in [0.05, 0.1) is 6.04 Å². The molecule has 0 amide bonds. The van der Waals surface area contributed by atoms with Crippen LogP contribution in [0.1, 0.15) is 31.9 Å². The second-order valence-electron chi connectivity index (χ2n) is 5.85. The minimum absolute atomic E-state index is 0.171. The molecule has 0 aliphatic rings. The molecule has 2 heterocycles. The van der Waals surface area contributed by atoms with Crippen LogP contribution in [-0.4, -0.2) is 14.5 Å². The zero-order valence-electron chi connectivity index (χ0n) is 14.2. The van der Waals surface area contributed by atoms with E-state index in [1.807, 2.05) is 37.3 Å². The summed E-state index contributed by atoms with van der Waals surface area (Å²) in [6, 6.07) is 13.1. The minimum atomic E-state index is -0.249. The van der Waals surface area contributed by atoms with Crippen LogP contribution in [0.4, 0.5) is 5.82 Å². The summed E-state index contributed by atoms with van der Waals surface area (Å²) in [6.45, 7) is 7.62. The van der Waals surface area contributed by atoms with Crippen molar-refractivity contribution in [2.75, 3.05) is 5.32 Å². The highest BCUT2D eigenvalue weighted by molar-refractivity contribution is 6.29. The fourth-order valence-corrected chi connectivity index (χ4v) is 3.02. The summed E-state index contributed by atoms with van der Waals surface area (Å²) in [7, 11) is 0. The molecule has 0 spiro atoms. The molecular formula is C19H19ClN4O. The number of pyridine rings is 1. The number of benzene rings is 1. The minimum Gasteiger partial charge on any atom is -0.340 e. The SMILES string of the molecule is C=C(C)Nc1nc2ccc(Cl)nc2n([C@@H](CC)c2ccccc2)c1=O. The Labute approximate surface area is 151 Å². The fourth-order valence-electron chi connectivity index (χ4n) is 2.88. The van der Waals surface area contributed by atoms with Crippen LogP contribution in [0.5, 0.6) is 0 Å². The van der Waals surface area contributed by atoms with Gasteiger partial charge in [0.2, 0.25) is 0 Å². The molecule has 25 heavy (non-hydrogen) atoms. The molecule has 2 aromatic heterocycles. The second kappa shape index (κ2) is 7.07. The van der Waals surface area contributed by atoms with Crippen LogP contribution in [0.2, 0.25) is 5.15 Å². The van der Waals surface area contributed by atoms with Gasteiger partial charge in [0, 0.05) is 5.70 Å². The number of hydrogen-bond acceptors (Lipinski definition) is 4. The molecule has 3 rings (SSSR count). The first-order chi connectivity index (χ1) is 12.0. The quantitative estimate of drug-likeness (QED) is 0.690. The summed E-state index contributed by atoms with van der Waals surface area (Å²) in [5, 5.41) is 3.28. The highest BCUT2D eigenvalue weighted by Gasteiger charge is 2.20. The molecule has 128 valence electrons. The maximum absolute atomic E-state index is 13.1. The van der Waals surface area contributed by atoms with Crippen molar-refractivity contribution in [3.8, 4) is 0 Å². The lowest BCUT2D eigenvalue weighted by atomic mass is 10.0. The Hall–Kier alpha value is -2.66. The number of allylic oxidation sites excluding steroid dienone is 1. The fraction of sp³-hybridized carbons (Fsp3) is 0.211. The molecule has 0 unspecified atom stereocenters. The summed E-state index contributed by atoms with van der Waals surface area (Å²) in [5.74, 6) is 0.235. The van der Waals surface area contributed by atoms with Gasteiger partial charge in [-0.3, -0.25) is 9.36 Å². The number of halogens is 1. The Balaban J connectivity index is 2.33. The summed E-state index contributed by atoms with van der Waals surface area (Å²) in [5.41, 5.74) is 2.50. The maximum atomic E-state index is 13.1. The van der Waals surface area contributed by atoms with Crippen LogP contribution >= 0.6 is 11.6 Å². The van der Waals surface area contributed by atoms with E-state index in [0.29, 0.717) is 22.0 Å². The summed E-state index contributed by atoms with van der Waals surface area (Å²) in [6.07, 6.45) is 0.726. The Morgan fingerprint density at radius 1 is 1.24 bits per heavy atom. The second-order valence-corrected chi connectivity index (χ2v) is 6.24. The predicted octanol–water partition coefficient (Wildman–Crippen LogP) is 4.39. The average molecular weight is 355 g/mol. The molecule has 0 aliphatic heterocycles. The zero-order valence-corrected chi connectivity index (χ0v) is 14.9. The van der Waals surface area contributed by atoms with E-state index in [-0.39, 0.29) is 17.4 Å². The molecule has 1 aromatic carbocycles. The highest BCUT2D eigenvalue weighted by atomic mass is 35.5. The number of nitrogens with zero attached hydrogens (tertiary/aromatic N) is 3. The first-order valence-electron chi connectivity index (χ1n) is 8.07. The molecule has 1 N–H and O–H groups in total. The average Bonchev–Trinajstić information content (AvgIpc) is 2.59. The normalized spacial score (nSPS) is 12.1. The third-order valence-electron chi connectivity index (χ3n) is 3.92. The molecule has 0 bridgehead atoms. The van der Waals surface area contributed by atoms with Gasteiger partial charge < -0.3 is 5.32 Å². The van der Waals surface area contributed by atoms with Gasteiger partial charge in [0.15, 0.2) is 11.5 Å². The third kappa shape index (κ3) is 3.42. The molecule has 5 nitrogen and oxygen atoms in total. The van der Waals surface area contributed by atoms with Gasteiger partial charge >= 0.3 is 0 Å².